The second-order valence-electron chi connectivity index (χ2n) is 5.02. The molecule has 0 radical (unpaired) electrons. The summed E-state index contributed by atoms with van der Waals surface area (Å²) < 4.78 is 0. The first-order valence-corrected chi connectivity index (χ1v) is 7.05. The van der Waals surface area contributed by atoms with Gasteiger partial charge in [0.25, 0.3) is 5.91 Å². The van der Waals surface area contributed by atoms with E-state index in [1.807, 2.05) is 12.1 Å². The topological polar surface area (TPSA) is 79.8 Å². The SMILES string of the molecule is O=C(NCc1cccnc1)c1cnc(C2CCCN2)cn1. The molecular formula is C15H17N5O. The molecule has 3 heterocycles. The first kappa shape index (κ1) is 13.6. The number of nitrogens with zero attached hydrogens (tertiary/aromatic N) is 3. The molecule has 3 rings (SSSR count). The van der Waals surface area contributed by atoms with E-state index >= 15 is 0 Å². The summed E-state index contributed by atoms with van der Waals surface area (Å²) in [6, 6.07) is 4.02. The molecule has 2 aromatic heterocycles. The van der Waals surface area contributed by atoms with Gasteiger partial charge in [0.15, 0.2) is 0 Å². The zero-order valence-electron chi connectivity index (χ0n) is 11.6. The van der Waals surface area contributed by atoms with Crippen molar-refractivity contribution in [1.82, 2.24) is 25.6 Å². The number of rotatable bonds is 4. The number of pyridine rings is 1. The summed E-state index contributed by atoms with van der Waals surface area (Å²) in [7, 11) is 0. The van der Waals surface area contributed by atoms with E-state index in [0.29, 0.717) is 12.2 Å². The molecule has 1 amide bonds. The average molecular weight is 283 g/mol. The summed E-state index contributed by atoms with van der Waals surface area (Å²) >= 11 is 0. The standard InChI is InChI=1S/C15H17N5O/c21-15(20-8-11-3-1-5-16-7-11)14-10-18-13(9-19-14)12-4-2-6-17-12/h1,3,5,7,9-10,12,17H,2,4,6,8H2,(H,20,21). The Morgan fingerprint density at radius 3 is 2.95 bits per heavy atom. The van der Waals surface area contributed by atoms with E-state index in [9.17, 15) is 4.79 Å². The zero-order chi connectivity index (χ0) is 14.5. The van der Waals surface area contributed by atoms with Crippen LogP contribution in [0.5, 0.6) is 0 Å². The minimum absolute atomic E-state index is 0.225. The predicted octanol–water partition coefficient (Wildman–Crippen LogP) is 1.23. The fourth-order valence-electron chi connectivity index (χ4n) is 2.35. The molecule has 1 atom stereocenters. The molecule has 6 heteroatoms. The van der Waals surface area contributed by atoms with Crippen LogP contribution >= 0.6 is 0 Å². The second kappa shape index (κ2) is 6.41. The van der Waals surface area contributed by atoms with Gasteiger partial charge >= 0.3 is 0 Å². The lowest BCUT2D eigenvalue weighted by molar-refractivity contribution is 0.0945. The number of nitrogens with one attached hydrogen (secondary N) is 2. The first-order chi connectivity index (χ1) is 10.3. The summed E-state index contributed by atoms with van der Waals surface area (Å²) in [5.41, 5.74) is 2.18. The van der Waals surface area contributed by atoms with E-state index in [1.165, 1.54) is 6.20 Å². The van der Waals surface area contributed by atoms with Crippen molar-refractivity contribution in [2.24, 2.45) is 0 Å². The Kier molecular flexibility index (Phi) is 4.16. The minimum Gasteiger partial charge on any atom is -0.347 e. The van der Waals surface area contributed by atoms with Crippen LogP contribution < -0.4 is 10.6 Å². The first-order valence-electron chi connectivity index (χ1n) is 7.05. The van der Waals surface area contributed by atoms with Gasteiger partial charge in [-0.2, -0.15) is 0 Å². The predicted molar refractivity (Wildman–Crippen MR) is 77.4 cm³/mol. The van der Waals surface area contributed by atoms with Gasteiger partial charge in [-0.05, 0) is 31.0 Å². The van der Waals surface area contributed by atoms with Gasteiger partial charge in [-0.15, -0.1) is 0 Å². The number of amides is 1. The lowest BCUT2D eigenvalue weighted by atomic mass is 10.2. The maximum atomic E-state index is 12.0. The number of hydrogen-bond acceptors (Lipinski definition) is 5. The van der Waals surface area contributed by atoms with E-state index in [1.54, 1.807) is 18.6 Å². The molecular weight excluding hydrogens is 266 g/mol. The van der Waals surface area contributed by atoms with Gasteiger partial charge in [0, 0.05) is 18.9 Å². The van der Waals surface area contributed by atoms with Crippen LogP contribution in [0, 0.1) is 0 Å². The van der Waals surface area contributed by atoms with Crippen molar-refractivity contribution in [3.63, 3.8) is 0 Å². The molecule has 21 heavy (non-hydrogen) atoms. The summed E-state index contributed by atoms with van der Waals surface area (Å²) in [4.78, 5) is 24.5. The summed E-state index contributed by atoms with van der Waals surface area (Å²) in [6.45, 7) is 1.44. The third kappa shape index (κ3) is 3.41. The third-order valence-corrected chi connectivity index (χ3v) is 3.50. The van der Waals surface area contributed by atoms with Crippen LogP contribution in [-0.4, -0.2) is 27.4 Å². The number of aromatic nitrogens is 3. The van der Waals surface area contributed by atoms with E-state index in [4.69, 9.17) is 0 Å². The molecule has 1 unspecified atom stereocenters. The quantitative estimate of drug-likeness (QED) is 0.882. The highest BCUT2D eigenvalue weighted by molar-refractivity contribution is 5.91. The molecule has 0 aliphatic carbocycles. The van der Waals surface area contributed by atoms with E-state index in [-0.39, 0.29) is 11.9 Å². The lowest BCUT2D eigenvalue weighted by Gasteiger charge is -2.09. The Bertz CT molecular complexity index is 593. The van der Waals surface area contributed by atoms with Crippen LogP contribution in [0.2, 0.25) is 0 Å². The molecule has 0 spiro atoms. The van der Waals surface area contributed by atoms with E-state index < -0.39 is 0 Å². The Balaban J connectivity index is 1.59. The molecule has 2 aromatic rings. The number of carbonyl (C=O) groups excluding carboxylic acids is 1. The third-order valence-electron chi connectivity index (χ3n) is 3.50. The lowest BCUT2D eigenvalue weighted by Crippen LogP contribution is -2.24. The van der Waals surface area contributed by atoms with Gasteiger partial charge in [0.2, 0.25) is 0 Å². The van der Waals surface area contributed by atoms with Crippen LogP contribution in [0.25, 0.3) is 0 Å². The number of carbonyl (C=O) groups is 1. The van der Waals surface area contributed by atoms with Gasteiger partial charge in [0.1, 0.15) is 5.69 Å². The molecule has 2 N–H and O–H groups in total. The Labute approximate surface area is 123 Å². The molecule has 1 saturated heterocycles. The molecule has 0 saturated carbocycles. The van der Waals surface area contributed by atoms with Crippen LogP contribution in [0.1, 0.15) is 40.6 Å². The van der Waals surface area contributed by atoms with Gasteiger partial charge in [-0.1, -0.05) is 6.07 Å². The molecule has 108 valence electrons. The normalized spacial score (nSPS) is 17.6. The maximum Gasteiger partial charge on any atom is 0.271 e. The minimum atomic E-state index is -0.225. The van der Waals surface area contributed by atoms with Gasteiger partial charge in [-0.3, -0.25) is 14.8 Å². The highest BCUT2D eigenvalue weighted by Crippen LogP contribution is 2.20. The second-order valence-corrected chi connectivity index (χ2v) is 5.02. The average Bonchev–Trinajstić information content (AvgIpc) is 3.08. The van der Waals surface area contributed by atoms with Crippen molar-refractivity contribution in [3.8, 4) is 0 Å². The largest absolute Gasteiger partial charge is 0.347 e. The molecule has 1 aliphatic heterocycles. The van der Waals surface area contributed by atoms with Crippen molar-refractivity contribution in [2.75, 3.05) is 6.54 Å². The highest BCUT2D eigenvalue weighted by atomic mass is 16.1. The fourth-order valence-corrected chi connectivity index (χ4v) is 2.35. The van der Waals surface area contributed by atoms with Gasteiger partial charge in [-0.25, -0.2) is 4.98 Å². The Morgan fingerprint density at radius 1 is 1.33 bits per heavy atom. The molecule has 1 aliphatic rings. The summed E-state index contributed by atoms with van der Waals surface area (Å²) in [6.07, 6.45) is 8.87. The highest BCUT2D eigenvalue weighted by Gasteiger charge is 2.18. The summed E-state index contributed by atoms with van der Waals surface area (Å²) in [5.74, 6) is -0.225. The zero-order valence-corrected chi connectivity index (χ0v) is 11.6. The maximum absolute atomic E-state index is 12.0. The smallest absolute Gasteiger partial charge is 0.271 e. The van der Waals surface area contributed by atoms with Crippen molar-refractivity contribution in [2.45, 2.75) is 25.4 Å². The van der Waals surface area contributed by atoms with Crippen molar-refractivity contribution in [3.05, 3.63) is 53.9 Å². The fraction of sp³-hybridized carbons (Fsp3) is 0.333. The van der Waals surface area contributed by atoms with Crippen molar-refractivity contribution < 1.29 is 4.79 Å². The van der Waals surface area contributed by atoms with Crippen molar-refractivity contribution >= 4 is 5.91 Å². The number of hydrogen-bond donors (Lipinski definition) is 2. The molecule has 0 bridgehead atoms. The van der Waals surface area contributed by atoms with Crippen LogP contribution in [0.15, 0.2) is 36.9 Å². The Hall–Kier alpha value is -2.34. The summed E-state index contributed by atoms with van der Waals surface area (Å²) in [5, 5.41) is 6.17. The molecule has 0 aromatic carbocycles. The van der Waals surface area contributed by atoms with Gasteiger partial charge in [0.05, 0.1) is 24.1 Å². The van der Waals surface area contributed by atoms with Crippen LogP contribution in [0.3, 0.4) is 0 Å². The monoisotopic (exact) mass is 283 g/mol. The van der Waals surface area contributed by atoms with Gasteiger partial charge < -0.3 is 10.6 Å². The van der Waals surface area contributed by atoms with E-state index in [0.717, 1.165) is 30.6 Å². The van der Waals surface area contributed by atoms with Crippen LogP contribution in [0.4, 0.5) is 0 Å². The van der Waals surface area contributed by atoms with Crippen LogP contribution in [-0.2, 0) is 6.54 Å². The Morgan fingerprint density at radius 2 is 2.29 bits per heavy atom. The molecule has 6 nitrogen and oxygen atoms in total. The van der Waals surface area contributed by atoms with E-state index in [2.05, 4.69) is 25.6 Å². The van der Waals surface area contributed by atoms with Crippen molar-refractivity contribution in [1.29, 1.82) is 0 Å². The molecule has 1 fully saturated rings.